The number of rotatable bonds is 4. The highest BCUT2D eigenvalue weighted by molar-refractivity contribution is 5.62. The van der Waals surface area contributed by atoms with Gasteiger partial charge in [-0.15, -0.1) is 0 Å². The SMILES string of the molecule is Cc1cc(N(C)c2ccccc2)nc(Nc2ccc(C(F)(F)F)cc2)n1. The van der Waals surface area contributed by atoms with E-state index in [1.807, 2.05) is 55.3 Å². The molecule has 26 heavy (non-hydrogen) atoms. The average molecular weight is 358 g/mol. The molecule has 0 radical (unpaired) electrons. The summed E-state index contributed by atoms with van der Waals surface area (Å²) >= 11 is 0. The van der Waals surface area contributed by atoms with Gasteiger partial charge in [-0.05, 0) is 43.3 Å². The predicted octanol–water partition coefficient (Wildman–Crippen LogP) is 5.32. The minimum Gasteiger partial charge on any atom is -0.329 e. The Morgan fingerprint density at radius 1 is 0.923 bits per heavy atom. The molecule has 0 saturated carbocycles. The highest BCUT2D eigenvalue weighted by atomic mass is 19.4. The normalized spacial score (nSPS) is 11.3. The quantitative estimate of drug-likeness (QED) is 0.686. The summed E-state index contributed by atoms with van der Waals surface area (Å²) in [5.41, 5.74) is 1.49. The maximum atomic E-state index is 12.7. The van der Waals surface area contributed by atoms with Gasteiger partial charge in [0.05, 0.1) is 5.56 Å². The van der Waals surface area contributed by atoms with E-state index in [0.717, 1.165) is 23.5 Å². The maximum absolute atomic E-state index is 12.7. The summed E-state index contributed by atoms with van der Waals surface area (Å²) < 4.78 is 38.0. The van der Waals surface area contributed by atoms with E-state index in [4.69, 9.17) is 0 Å². The molecule has 0 aliphatic carbocycles. The first-order valence-corrected chi connectivity index (χ1v) is 7.92. The summed E-state index contributed by atoms with van der Waals surface area (Å²) in [4.78, 5) is 10.7. The first-order valence-electron chi connectivity index (χ1n) is 7.92. The maximum Gasteiger partial charge on any atom is 0.416 e. The van der Waals surface area contributed by atoms with Crippen molar-refractivity contribution in [3.8, 4) is 0 Å². The topological polar surface area (TPSA) is 41.1 Å². The third-order valence-corrected chi connectivity index (χ3v) is 3.80. The van der Waals surface area contributed by atoms with Gasteiger partial charge in [0.1, 0.15) is 5.82 Å². The van der Waals surface area contributed by atoms with E-state index in [1.54, 1.807) is 0 Å². The minimum absolute atomic E-state index is 0.322. The van der Waals surface area contributed by atoms with E-state index in [0.29, 0.717) is 17.5 Å². The van der Waals surface area contributed by atoms with Crippen molar-refractivity contribution in [3.05, 3.63) is 71.9 Å². The Morgan fingerprint density at radius 3 is 2.19 bits per heavy atom. The number of nitrogens with zero attached hydrogens (tertiary/aromatic N) is 3. The molecule has 7 heteroatoms. The zero-order valence-electron chi connectivity index (χ0n) is 14.2. The summed E-state index contributed by atoms with van der Waals surface area (Å²) in [6.07, 6.45) is -4.36. The number of para-hydroxylation sites is 1. The highest BCUT2D eigenvalue weighted by Gasteiger charge is 2.29. The molecule has 0 saturated heterocycles. The highest BCUT2D eigenvalue weighted by Crippen LogP contribution is 2.30. The van der Waals surface area contributed by atoms with E-state index in [9.17, 15) is 13.2 Å². The lowest BCUT2D eigenvalue weighted by atomic mass is 10.2. The molecule has 0 spiro atoms. The minimum atomic E-state index is -4.36. The first-order chi connectivity index (χ1) is 12.3. The lowest BCUT2D eigenvalue weighted by Crippen LogP contribution is -2.13. The Bertz CT molecular complexity index is 878. The van der Waals surface area contributed by atoms with Crippen LogP contribution < -0.4 is 10.2 Å². The number of hydrogen-bond donors (Lipinski definition) is 1. The average Bonchev–Trinajstić information content (AvgIpc) is 2.61. The molecule has 2 aromatic carbocycles. The van der Waals surface area contributed by atoms with E-state index in [2.05, 4.69) is 15.3 Å². The molecular weight excluding hydrogens is 341 g/mol. The predicted molar refractivity (Wildman–Crippen MR) is 96.0 cm³/mol. The fourth-order valence-electron chi connectivity index (χ4n) is 2.44. The fourth-order valence-corrected chi connectivity index (χ4v) is 2.44. The number of hydrogen-bond acceptors (Lipinski definition) is 4. The summed E-state index contributed by atoms with van der Waals surface area (Å²) in [7, 11) is 1.89. The van der Waals surface area contributed by atoms with Crippen molar-refractivity contribution in [2.45, 2.75) is 13.1 Å². The summed E-state index contributed by atoms with van der Waals surface area (Å²) in [6.45, 7) is 1.84. The molecule has 1 aromatic heterocycles. The second-order valence-corrected chi connectivity index (χ2v) is 5.79. The van der Waals surface area contributed by atoms with Crippen molar-refractivity contribution in [3.63, 3.8) is 0 Å². The second kappa shape index (κ2) is 7.03. The van der Waals surface area contributed by atoms with Crippen LogP contribution in [0.5, 0.6) is 0 Å². The van der Waals surface area contributed by atoms with E-state index >= 15 is 0 Å². The van der Waals surface area contributed by atoms with Crippen LogP contribution in [0.1, 0.15) is 11.3 Å². The molecule has 0 atom stereocenters. The van der Waals surface area contributed by atoms with Crippen LogP contribution in [0.2, 0.25) is 0 Å². The van der Waals surface area contributed by atoms with Crippen molar-refractivity contribution >= 4 is 23.1 Å². The number of anilines is 4. The number of aryl methyl sites for hydroxylation is 1. The molecular formula is C19H17F3N4. The van der Waals surface area contributed by atoms with Crippen LogP contribution in [0.15, 0.2) is 60.7 Å². The van der Waals surface area contributed by atoms with Crippen LogP contribution in [0.3, 0.4) is 0 Å². The van der Waals surface area contributed by atoms with Gasteiger partial charge in [-0.25, -0.2) is 4.98 Å². The summed E-state index contributed by atoms with van der Waals surface area (Å²) in [6, 6.07) is 16.3. The summed E-state index contributed by atoms with van der Waals surface area (Å²) in [5.74, 6) is 1.00. The standard InChI is InChI=1S/C19H17F3N4/c1-13-12-17(26(2)16-6-4-3-5-7-16)25-18(23-13)24-15-10-8-14(9-11-15)19(20,21)22/h3-12H,1-2H3,(H,23,24,25). The molecule has 0 unspecified atom stereocenters. The Morgan fingerprint density at radius 2 is 1.58 bits per heavy atom. The number of nitrogens with one attached hydrogen (secondary N) is 1. The lowest BCUT2D eigenvalue weighted by Gasteiger charge is -2.19. The van der Waals surface area contributed by atoms with E-state index in [1.165, 1.54) is 12.1 Å². The first kappa shape index (κ1) is 17.7. The fraction of sp³-hybridized carbons (Fsp3) is 0.158. The van der Waals surface area contributed by atoms with Crippen LogP contribution in [-0.4, -0.2) is 17.0 Å². The van der Waals surface area contributed by atoms with Crippen LogP contribution >= 0.6 is 0 Å². The van der Waals surface area contributed by atoms with E-state index in [-0.39, 0.29) is 0 Å². The van der Waals surface area contributed by atoms with Gasteiger partial charge >= 0.3 is 6.18 Å². The Balaban J connectivity index is 1.84. The monoisotopic (exact) mass is 358 g/mol. The van der Waals surface area contributed by atoms with Gasteiger partial charge in [-0.2, -0.15) is 18.2 Å². The molecule has 0 fully saturated rings. The molecule has 0 aliphatic rings. The van der Waals surface area contributed by atoms with Crippen molar-refractivity contribution in [2.75, 3.05) is 17.3 Å². The van der Waals surface area contributed by atoms with Crippen LogP contribution in [-0.2, 0) is 6.18 Å². The molecule has 0 amide bonds. The van der Waals surface area contributed by atoms with Crippen molar-refractivity contribution in [1.29, 1.82) is 0 Å². The number of alkyl halides is 3. The molecule has 4 nitrogen and oxygen atoms in total. The number of halogens is 3. The zero-order chi connectivity index (χ0) is 18.7. The smallest absolute Gasteiger partial charge is 0.329 e. The van der Waals surface area contributed by atoms with Gasteiger partial charge in [0.25, 0.3) is 0 Å². The van der Waals surface area contributed by atoms with Gasteiger partial charge in [-0.1, -0.05) is 18.2 Å². The molecule has 3 rings (SSSR count). The summed E-state index contributed by atoms with van der Waals surface area (Å²) in [5, 5.41) is 2.95. The molecule has 0 aliphatic heterocycles. The molecule has 1 heterocycles. The lowest BCUT2D eigenvalue weighted by molar-refractivity contribution is -0.137. The van der Waals surface area contributed by atoms with Crippen molar-refractivity contribution in [1.82, 2.24) is 9.97 Å². The van der Waals surface area contributed by atoms with E-state index < -0.39 is 11.7 Å². The number of benzene rings is 2. The van der Waals surface area contributed by atoms with Gasteiger partial charge in [-0.3, -0.25) is 0 Å². The van der Waals surface area contributed by atoms with Crippen molar-refractivity contribution < 1.29 is 13.2 Å². The Labute approximate surface area is 149 Å². The van der Waals surface area contributed by atoms with Gasteiger partial charge in [0.15, 0.2) is 0 Å². The van der Waals surface area contributed by atoms with Crippen LogP contribution in [0.25, 0.3) is 0 Å². The van der Waals surface area contributed by atoms with Gasteiger partial charge < -0.3 is 10.2 Å². The van der Waals surface area contributed by atoms with Gasteiger partial charge in [0.2, 0.25) is 5.95 Å². The molecule has 134 valence electrons. The van der Waals surface area contributed by atoms with Crippen LogP contribution in [0.4, 0.5) is 36.3 Å². The Kier molecular flexibility index (Phi) is 4.79. The third kappa shape index (κ3) is 4.11. The van der Waals surface area contributed by atoms with Crippen LogP contribution in [0, 0.1) is 6.92 Å². The van der Waals surface area contributed by atoms with Gasteiger partial charge in [0, 0.05) is 30.2 Å². The largest absolute Gasteiger partial charge is 0.416 e. The third-order valence-electron chi connectivity index (χ3n) is 3.80. The molecule has 0 bridgehead atoms. The number of aromatic nitrogens is 2. The Hall–Kier alpha value is -3.09. The molecule has 3 aromatic rings. The van der Waals surface area contributed by atoms with Crippen molar-refractivity contribution in [2.24, 2.45) is 0 Å². The second-order valence-electron chi connectivity index (χ2n) is 5.79. The zero-order valence-corrected chi connectivity index (χ0v) is 14.2. The molecule has 1 N–H and O–H groups in total.